The highest BCUT2D eigenvalue weighted by Gasteiger charge is 2.34. The minimum atomic E-state index is -0.279. The van der Waals surface area contributed by atoms with Crippen molar-refractivity contribution in [3.63, 3.8) is 0 Å². The molecule has 1 atom stereocenters. The van der Waals surface area contributed by atoms with Gasteiger partial charge in [-0.3, -0.25) is 9.69 Å². The second-order valence-corrected chi connectivity index (χ2v) is 8.60. The quantitative estimate of drug-likeness (QED) is 0.782. The molecule has 0 spiro atoms. The van der Waals surface area contributed by atoms with Gasteiger partial charge in [-0.15, -0.1) is 0 Å². The number of hydrogen-bond donors (Lipinski definition) is 2. The zero-order valence-corrected chi connectivity index (χ0v) is 17.0. The van der Waals surface area contributed by atoms with Crippen molar-refractivity contribution in [2.45, 2.75) is 63.0 Å². The third-order valence-corrected chi connectivity index (χ3v) is 6.44. The maximum atomic E-state index is 12.7. The Hall–Kier alpha value is -2.18. The Labute approximate surface area is 172 Å². The molecular weight excluding hydrogens is 366 g/mol. The van der Waals surface area contributed by atoms with Crippen LogP contribution in [0.2, 0.25) is 0 Å². The van der Waals surface area contributed by atoms with E-state index in [4.69, 9.17) is 4.52 Å². The number of aliphatic hydroxyl groups excluding tert-OH is 1. The first-order chi connectivity index (χ1) is 14.1. The molecule has 0 bridgehead atoms. The number of carbonyl (C=O) groups excluding carboxylic acids is 1. The predicted molar refractivity (Wildman–Crippen MR) is 111 cm³/mol. The molecule has 156 valence electrons. The lowest BCUT2D eigenvalue weighted by Crippen LogP contribution is -2.42. The maximum Gasteiger partial charge on any atom is 0.273 e. The fourth-order valence-electron chi connectivity index (χ4n) is 4.82. The Morgan fingerprint density at radius 2 is 2.00 bits per heavy atom. The number of β-amino-alcohol motifs (C(OH)–C–C–N with tert-alkyl or cyclic N) is 1. The van der Waals surface area contributed by atoms with Crippen molar-refractivity contribution in [2.75, 3.05) is 19.6 Å². The first kappa shape index (κ1) is 20.1. The smallest absolute Gasteiger partial charge is 0.273 e. The highest BCUT2D eigenvalue weighted by atomic mass is 16.5. The van der Waals surface area contributed by atoms with E-state index in [9.17, 15) is 9.90 Å². The van der Waals surface area contributed by atoms with Gasteiger partial charge in [0.25, 0.3) is 5.91 Å². The van der Waals surface area contributed by atoms with Gasteiger partial charge in [-0.25, -0.2) is 0 Å². The molecule has 1 amide bonds. The molecule has 2 heterocycles. The fraction of sp³-hybridized carbons (Fsp3) is 0.565. The minimum absolute atomic E-state index is 0.00563. The molecule has 1 unspecified atom stereocenters. The molecule has 1 saturated heterocycles. The van der Waals surface area contributed by atoms with Gasteiger partial charge in [-0.2, -0.15) is 0 Å². The molecule has 6 heteroatoms. The van der Waals surface area contributed by atoms with Crippen molar-refractivity contribution in [3.05, 3.63) is 53.4 Å². The monoisotopic (exact) mass is 397 g/mol. The zero-order chi connectivity index (χ0) is 20.1. The van der Waals surface area contributed by atoms with Gasteiger partial charge in [-0.05, 0) is 37.8 Å². The molecule has 2 N–H and O–H groups in total. The number of nitrogens with zero attached hydrogens (tertiary/aromatic N) is 2. The molecule has 1 saturated carbocycles. The van der Waals surface area contributed by atoms with Crippen LogP contribution in [0.15, 0.2) is 40.9 Å². The Morgan fingerprint density at radius 3 is 2.76 bits per heavy atom. The van der Waals surface area contributed by atoms with Gasteiger partial charge >= 0.3 is 0 Å². The Bertz CT molecular complexity index is 799. The summed E-state index contributed by atoms with van der Waals surface area (Å²) in [6, 6.07) is 12.3. The zero-order valence-electron chi connectivity index (χ0n) is 17.0. The van der Waals surface area contributed by atoms with Crippen molar-refractivity contribution in [2.24, 2.45) is 0 Å². The summed E-state index contributed by atoms with van der Waals surface area (Å²) in [5, 5.41) is 16.9. The third-order valence-electron chi connectivity index (χ3n) is 6.44. The average Bonchev–Trinajstić information content (AvgIpc) is 3.22. The van der Waals surface area contributed by atoms with E-state index in [1.54, 1.807) is 6.07 Å². The Balaban J connectivity index is 1.38. The van der Waals surface area contributed by atoms with E-state index in [2.05, 4.69) is 39.6 Å². The second kappa shape index (κ2) is 9.09. The first-order valence-corrected chi connectivity index (χ1v) is 10.8. The Kier molecular flexibility index (Phi) is 6.31. The second-order valence-electron chi connectivity index (χ2n) is 8.60. The molecule has 1 aliphatic heterocycles. The van der Waals surface area contributed by atoms with Gasteiger partial charge in [0.2, 0.25) is 0 Å². The SMILES string of the molecule is O=C(NCC1(c2ccccc2)CCCCC1)c1cc(CN2CCCC(O)C2)on1. The topological polar surface area (TPSA) is 78.6 Å². The molecule has 4 rings (SSSR count). The molecular formula is C23H31N3O3. The Morgan fingerprint density at radius 1 is 1.21 bits per heavy atom. The lowest BCUT2D eigenvalue weighted by Gasteiger charge is -2.38. The van der Waals surface area contributed by atoms with E-state index in [0.29, 0.717) is 31.1 Å². The van der Waals surface area contributed by atoms with Crippen LogP contribution in [0.25, 0.3) is 0 Å². The lowest BCUT2D eigenvalue weighted by molar-refractivity contribution is 0.0622. The van der Waals surface area contributed by atoms with Crippen molar-refractivity contribution < 1.29 is 14.4 Å². The summed E-state index contributed by atoms with van der Waals surface area (Å²) >= 11 is 0. The summed E-state index contributed by atoms with van der Waals surface area (Å²) in [6.07, 6.45) is 7.39. The van der Waals surface area contributed by atoms with Crippen LogP contribution in [-0.4, -0.2) is 46.8 Å². The van der Waals surface area contributed by atoms with E-state index < -0.39 is 0 Å². The van der Waals surface area contributed by atoms with Gasteiger partial charge in [0.1, 0.15) is 0 Å². The number of rotatable bonds is 6. The van der Waals surface area contributed by atoms with Crippen molar-refractivity contribution in [1.82, 2.24) is 15.4 Å². The molecule has 6 nitrogen and oxygen atoms in total. The molecule has 1 aliphatic carbocycles. The van der Waals surface area contributed by atoms with E-state index in [-0.39, 0.29) is 17.4 Å². The van der Waals surface area contributed by atoms with Crippen LogP contribution in [0.1, 0.15) is 66.8 Å². The van der Waals surface area contributed by atoms with E-state index in [1.807, 2.05) is 6.07 Å². The molecule has 1 aromatic carbocycles. The summed E-state index contributed by atoms with van der Waals surface area (Å²) in [6.45, 7) is 2.77. The molecule has 0 radical (unpaired) electrons. The fourth-order valence-corrected chi connectivity index (χ4v) is 4.82. The molecule has 2 fully saturated rings. The highest BCUT2D eigenvalue weighted by molar-refractivity contribution is 5.92. The highest BCUT2D eigenvalue weighted by Crippen LogP contribution is 2.38. The number of benzene rings is 1. The number of aliphatic hydroxyl groups is 1. The van der Waals surface area contributed by atoms with Gasteiger partial charge in [-0.1, -0.05) is 54.8 Å². The molecule has 2 aliphatic rings. The number of carbonyl (C=O) groups is 1. The largest absolute Gasteiger partial charge is 0.392 e. The summed E-state index contributed by atoms with van der Waals surface area (Å²) in [4.78, 5) is 14.9. The number of aromatic nitrogens is 1. The van der Waals surface area contributed by atoms with Gasteiger partial charge in [0.05, 0.1) is 12.6 Å². The van der Waals surface area contributed by atoms with Crippen LogP contribution in [0.4, 0.5) is 0 Å². The minimum Gasteiger partial charge on any atom is -0.392 e. The van der Waals surface area contributed by atoms with Crippen LogP contribution in [0.3, 0.4) is 0 Å². The van der Waals surface area contributed by atoms with Crippen molar-refractivity contribution in [1.29, 1.82) is 0 Å². The maximum absolute atomic E-state index is 12.7. The normalized spacial score (nSPS) is 22.3. The van der Waals surface area contributed by atoms with Crippen molar-refractivity contribution in [3.8, 4) is 0 Å². The predicted octanol–water partition coefficient (Wildman–Crippen LogP) is 3.26. The average molecular weight is 398 g/mol. The van der Waals surface area contributed by atoms with Gasteiger partial charge in [0, 0.05) is 24.6 Å². The molecule has 2 aromatic rings. The summed E-state index contributed by atoms with van der Waals surface area (Å²) in [5.74, 6) is 0.485. The number of amides is 1. The van der Waals surface area contributed by atoms with Crippen LogP contribution < -0.4 is 5.32 Å². The first-order valence-electron chi connectivity index (χ1n) is 10.8. The number of hydrogen-bond acceptors (Lipinski definition) is 5. The number of likely N-dealkylation sites (tertiary alicyclic amines) is 1. The summed E-state index contributed by atoms with van der Waals surface area (Å²) in [5.41, 5.74) is 1.65. The molecule has 1 aromatic heterocycles. The third kappa shape index (κ3) is 4.87. The lowest BCUT2D eigenvalue weighted by atomic mass is 9.69. The summed E-state index contributed by atoms with van der Waals surface area (Å²) in [7, 11) is 0. The van der Waals surface area contributed by atoms with Crippen molar-refractivity contribution >= 4 is 5.91 Å². The standard InChI is InChI=1S/C23H31N3O3/c27-19-10-7-13-26(15-19)16-20-14-21(25-29-20)22(28)24-17-23(11-5-2-6-12-23)18-8-3-1-4-9-18/h1,3-4,8-9,14,19,27H,2,5-7,10-13,15-17H2,(H,24,28). The van der Waals surface area contributed by atoms with Crippen LogP contribution in [0, 0.1) is 0 Å². The number of nitrogens with one attached hydrogen (secondary N) is 1. The van der Waals surface area contributed by atoms with Crippen LogP contribution in [0.5, 0.6) is 0 Å². The van der Waals surface area contributed by atoms with E-state index in [0.717, 1.165) is 32.2 Å². The number of piperidine rings is 1. The molecule has 29 heavy (non-hydrogen) atoms. The van der Waals surface area contributed by atoms with Gasteiger partial charge < -0.3 is 14.9 Å². The van der Waals surface area contributed by atoms with Gasteiger partial charge in [0.15, 0.2) is 11.5 Å². The summed E-state index contributed by atoms with van der Waals surface area (Å²) < 4.78 is 5.39. The van der Waals surface area contributed by atoms with Crippen LogP contribution >= 0.6 is 0 Å². The van der Waals surface area contributed by atoms with Crippen LogP contribution in [-0.2, 0) is 12.0 Å². The van der Waals surface area contributed by atoms with E-state index >= 15 is 0 Å². The van der Waals surface area contributed by atoms with E-state index in [1.165, 1.54) is 24.8 Å².